The number of sulfonamides is 1. The number of amides is 1. The van der Waals surface area contributed by atoms with Crippen molar-refractivity contribution < 1.29 is 27.9 Å². The van der Waals surface area contributed by atoms with Gasteiger partial charge in [-0.2, -0.15) is 0 Å². The number of likely N-dealkylation sites (tertiary alicyclic amines) is 1. The third-order valence-corrected chi connectivity index (χ3v) is 3.36. The van der Waals surface area contributed by atoms with Gasteiger partial charge in [-0.1, -0.05) is 0 Å². The first kappa shape index (κ1) is 16.7. The molecule has 0 aromatic rings. The summed E-state index contributed by atoms with van der Waals surface area (Å²) in [6.07, 6.45) is 0.239. The number of nitrogens with one attached hydrogen (secondary N) is 1. The Morgan fingerprint density at radius 2 is 1.90 bits per heavy atom. The lowest BCUT2D eigenvalue weighted by molar-refractivity contribution is -0.142. The normalized spacial score (nSPS) is 23.7. The summed E-state index contributed by atoms with van der Waals surface area (Å²) in [5.74, 6) is -1.19. The van der Waals surface area contributed by atoms with Gasteiger partial charge in [-0.15, -0.1) is 0 Å². The highest BCUT2D eigenvalue weighted by atomic mass is 32.2. The summed E-state index contributed by atoms with van der Waals surface area (Å²) >= 11 is 0. The molecule has 8 nitrogen and oxygen atoms in total. The lowest BCUT2D eigenvalue weighted by Gasteiger charge is -2.26. The van der Waals surface area contributed by atoms with Gasteiger partial charge in [0.15, 0.2) is 0 Å². The minimum atomic E-state index is -3.46. The molecule has 0 radical (unpaired) electrons. The summed E-state index contributed by atoms with van der Waals surface area (Å²) in [5.41, 5.74) is -0.748. The molecule has 9 heteroatoms. The molecule has 0 aliphatic carbocycles. The fraction of sp³-hybridized carbons (Fsp3) is 0.818. The molecule has 2 N–H and O–H groups in total. The number of carboxylic acid groups (broad SMARTS) is 1. The molecule has 0 unspecified atom stereocenters. The maximum absolute atomic E-state index is 12.0. The van der Waals surface area contributed by atoms with E-state index in [0.717, 1.165) is 11.2 Å². The van der Waals surface area contributed by atoms with Crippen LogP contribution in [0.15, 0.2) is 0 Å². The highest BCUT2D eigenvalue weighted by Gasteiger charge is 2.42. The highest BCUT2D eigenvalue weighted by molar-refractivity contribution is 7.88. The second kappa shape index (κ2) is 5.57. The van der Waals surface area contributed by atoms with Crippen LogP contribution in [0.25, 0.3) is 0 Å². The second-order valence-electron chi connectivity index (χ2n) is 5.81. The van der Waals surface area contributed by atoms with Crippen molar-refractivity contribution in [2.75, 3.05) is 12.8 Å². The molecular weight excluding hydrogens is 288 g/mol. The summed E-state index contributed by atoms with van der Waals surface area (Å²) in [7, 11) is -3.46. The number of carboxylic acids is 1. The van der Waals surface area contributed by atoms with Gasteiger partial charge in [0.2, 0.25) is 10.0 Å². The van der Waals surface area contributed by atoms with Crippen LogP contribution in [0.4, 0.5) is 4.79 Å². The van der Waals surface area contributed by atoms with Crippen LogP contribution in [-0.4, -0.2) is 61.0 Å². The maximum atomic E-state index is 12.0. The van der Waals surface area contributed by atoms with Crippen molar-refractivity contribution >= 4 is 22.1 Å². The topological polar surface area (TPSA) is 113 Å². The van der Waals surface area contributed by atoms with E-state index in [1.165, 1.54) is 0 Å². The molecule has 116 valence electrons. The predicted molar refractivity (Wildman–Crippen MR) is 70.7 cm³/mol. The van der Waals surface area contributed by atoms with Gasteiger partial charge in [-0.05, 0) is 27.2 Å². The summed E-state index contributed by atoms with van der Waals surface area (Å²) in [5, 5.41) is 9.12. The van der Waals surface area contributed by atoms with E-state index in [1.54, 1.807) is 20.8 Å². The smallest absolute Gasteiger partial charge is 0.411 e. The minimum Gasteiger partial charge on any atom is -0.480 e. The van der Waals surface area contributed by atoms with Crippen LogP contribution in [0.1, 0.15) is 27.2 Å². The molecule has 1 fully saturated rings. The summed E-state index contributed by atoms with van der Waals surface area (Å²) in [6, 6.07) is -1.72. The number of rotatable bonds is 3. The molecule has 0 aromatic heterocycles. The fourth-order valence-corrected chi connectivity index (χ4v) is 2.76. The van der Waals surface area contributed by atoms with Crippen molar-refractivity contribution in [1.82, 2.24) is 9.62 Å². The Morgan fingerprint density at radius 1 is 1.35 bits per heavy atom. The van der Waals surface area contributed by atoms with Crippen LogP contribution in [0.5, 0.6) is 0 Å². The van der Waals surface area contributed by atoms with Crippen molar-refractivity contribution in [1.29, 1.82) is 0 Å². The molecule has 2 atom stereocenters. The highest BCUT2D eigenvalue weighted by Crippen LogP contribution is 2.22. The Kier molecular flexibility index (Phi) is 4.65. The Balaban J connectivity index is 2.83. The van der Waals surface area contributed by atoms with Crippen molar-refractivity contribution in [2.45, 2.75) is 44.9 Å². The zero-order chi connectivity index (χ0) is 15.7. The molecule has 20 heavy (non-hydrogen) atoms. The van der Waals surface area contributed by atoms with E-state index in [2.05, 4.69) is 4.72 Å². The Hall–Kier alpha value is -1.35. The first-order valence-corrected chi connectivity index (χ1v) is 7.98. The van der Waals surface area contributed by atoms with Gasteiger partial charge in [-0.25, -0.2) is 22.7 Å². The minimum absolute atomic E-state index is 0.0155. The van der Waals surface area contributed by atoms with Gasteiger partial charge in [0.25, 0.3) is 0 Å². The van der Waals surface area contributed by atoms with Crippen molar-refractivity contribution in [3.63, 3.8) is 0 Å². The van der Waals surface area contributed by atoms with E-state index < -0.39 is 39.8 Å². The molecule has 0 saturated carbocycles. The molecule has 1 heterocycles. The molecule has 0 spiro atoms. The van der Waals surface area contributed by atoms with Crippen molar-refractivity contribution in [2.24, 2.45) is 0 Å². The van der Waals surface area contributed by atoms with Crippen molar-refractivity contribution in [3.8, 4) is 0 Å². The summed E-state index contributed by atoms with van der Waals surface area (Å²) < 4.78 is 29.8. The van der Waals surface area contributed by atoms with Crippen LogP contribution < -0.4 is 4.72 Å². The Bertz CT molecular complexity index is 496. The van der Waals surface area contributed by atoms with Crippen LogP contribution >= 0.6 is 0 Å². The summed E-state index contributed by atoms with van der Waals surface area (Å²) in [6.45, 7) is 4.98. The van der Waals surface area contributed by atoms with E-state index in [0.29, 0.717) is 0 Å². The monoisotopic (exact) mass is 308 g/mol. The largest absolute Gasteiger partial charge is 0.480 e. The average Bonchev–Trinajstić information content (AvgIpc) is 2.56. The molecule has 1 aliphatic rings. The van der Waals surface area contributed by atoms with E-state index >= 15 is 0 Å². The third kappa shape index (κ3) is 4.97. The molecular formula is C11H20N2O6S. The SMILES string of the molecule is CC(C)(C)OC(=O)N1C[C@@H](NS(C)(=O)=O)C[C@@H]1C(=O)O. The number of carbonyl (C=O) groups is 2. The van der Waals surface area contributed by atoms with Crippen LogP contribution in [0.2, 0.25) is 0 Å². The number of nitrogens with zero attached hydrogens (tertiary/aromatic N) is 1. The maximum Gasteiger partial charge on any atom is 0.411 e. The Labute approximate surface area is 118 Å². The standard InChI is InChI=1S/C11H20N2O6S/c1-11(2,3)19-10(16)13-6-7(12-20(4,17)18)5-8(13)9(14)15/h7-8,12H,5-6H2,1-4H3,(H,14,15)/t7-,8+/m0/s1. The quantitative estimate of drug-likeness (QED) is 0.758. The number of carbonyl (C=O) groups excluding carboxylic acids is 1. The van der Waals surface area contributed by atoms with Gasteiger partial charge in [-0.3, -0.25) is 4.90 Å². The second-order valence-corrected chi connectivity index (χ2v) is 7.59. The third-order valence-electron chi connectivity index (χ3n) is 2.59. The van der Waals surface area contributed by atoms with Crippen LogP contribution in [-0.2, 0) is 19.6 Å². The molecule has 1 saturated heterocycles. The first-order chi connectivity index (χ1) is 8.89. The van der Waals surface area contributed by atoms with Crippen LogP contribution in [0.3, 0.4) is 0 Å². The number of hydrogen-bond acceptors (Lipinski definition) is 5. The lowest BCUT2D eigenvalue weighted by Crippen LogP contribution is -2.44. The van der Waals surface area contributed by atoms with Gasteiger partial charge < -0.3 is 9.84 Å². The molecule has 1 amide bonds. The van der Waals surface area contributed by atoms with Gasteiger partial charge in [0.1, 0.15) is 11.6 Å². The van der Waals surface area contributed by atoms with Gasteiger partial charge in [0, 0.05) is 12.6 Å². The zero-order valence-electron chi connectivity index (χ0n) is 11.9. The van der Waals surface area contributed by atoms with Gasteiger partial charge >= 0.3 is 12.1 Å². The first-order valence-electron chi connectivity index (χ1n) is 6.09. The van der Waals surface area contributed by atoms with Crippen LogP contribution in [0, 0.1) is 0 Å². The molecule has 1 aliphatic heterocycles. The van der Waals surface area contributed by atoms with E-state index in [-0.39, 0.29) is 13.0 Å². The number of ether oxygens (including phenoxy) is 1. The van der Waals surface area contributed by atoms with Crippen molar-refractivity contribution in [3.05, 3.63) is 0 Å². The summed E-state index contributed by atoms with van der Waals surface area (Å²) in [4.78, 5) is 24.2. The molecule has 0 aromatic carbocycles. The van der Waals surface area contributed by atoms with E-state index in [4.69, 9.17) is 9.84 Å². The Morgan fingerprint density at radius 3 is 2.30 bits per heavy atom. The molecule has 1 rings (SSSR count). The van der Waals surface area contributed by atoms with Gasteiger partial charge in [0.05, 0.1) is 6.26 Å². The fourth-order valence-electron chi connectivity index (χ4n) is 1.98. The lowest BCUT2D eigenvalue weighted by atomic mass is 10.2. The predicted octanol–water partition coefficient (Wildman–Crippen LogP) is -0.00180. The zero-order valence-corrected chi connectivity index (χ0v) is 12.7. The van der Waals surface area contributed by atoms with E-state index in [9.17, 15) is 18.0 Å². The number of hydrogen-bond donors (Lipinski definition) is 2. The molecule has 0 bridgehead atoms. The van der Waals surface area contributed by atoms with E-state index in [1.807, 2.05) is 0 Å². The number of aliphatic carboxylic acids is 1. The average molecular weight is 308 g/mol.